The van der Waals surface area contributed by atoms with Crippen LogP contribution in [-0.4, -0.2) is 59.2 Å². The van der Waals surface area contributed by atoms with E-state index in [0.717, 1.165) is 56.0 Å². The molecule has 0 spiro atoms. The van der Waals surface area contributed by atoms with Gasteiger partial charge in [0, 0.05) is 43.9 Å². The Kier molecular flexibility index (Phi) is 4.85. The summed E-state index contributed by atoms with van der Waals surface area (Å²) in [6.45, 7) is 6.02. The van der Waals surface area contributed by atoms with Crippen molar-refractivity contribution in [3.8, 4) is 17.0 Å². The summed E-state index contributed by atoms with van der Waals surface area (Å²) in [7, 11) is 0. The molecule has 5 rings (SSSR count). The Morgan fingerprint density at radius 2 is 2.17 bits per heavy atom. The quantitative estimate of drug-likeness (QED) is 0.799. The minimum absolute atomic E-state index is 0.153. The third kappa shape index (κ3) is 3.51. The lowest BCUT2D eigenvalue weighted by atomic mass is 10.2. The number of morpholine rings is 1. The molecule has 2 aromatic heterocycles. The highest BCUT2D eigenvalue weighted by molar-refractivity contribution is 5.68. The Labute approximate surface area is 175 Å². The zero-order chi connectivity index (χ0) is 20.8. The van der Waals surface area contributed by atoms with Crippen molar-refractivity contribution in [2.45, 2.75) is 57.7 Å². The van der Waals surface area contributed by atoms with E-state index in [1.54, 1.807) is 12.3 Å². The van der Waals surface area contributed by atoms with E-state index >= 15 is 0 Å². The van der Waals surface area contributed by atoms with E-state index in [2.05, 4.69) is 21.7 Å². The maximum atomic E-state index is 13.4. The second-order valence-corrected chi connectivity index (χ2v) is 8.36. The number of ether oxygens (including phenoxy) is 2. The van der Waals surface area contributed by atoms with Crippen LogP contribution in [0.5, 0.6) is 5.75 Å². The number of nitrogens with two attached hydrogens (primary N) is 1. The Hall–Kier alpha value is -2.68. The van der Waals surface area contributed by atoms with Crippen molar-refractivity contribution in [2.75, 3.05) is 35.2 Å². The Bertz CT molecular complexity index is 942. The van der Waals surface area contributed by atoms with Gasteiger partial charge in [-0.05, 0) is 32.3 Å². The van der Waals surface area contributed by atoms with Crippen LogP contribution in [0.15, 0.2) is 18.3 Å². The first-order chi connectivity index (χ1) is 14.5. The van der Waals surface area contributed by atoms with Gasteiger partial charge in [-0.3, -0.25) is 0 Å². The number of halogens is 1. The van der Waals surface area contributed by atoms with Crippen molar-refractivity contribution in [1.29, 1.82) is 0 Å². The minimum Gasteiger partial charge on any atom is -0.457 e. The first kappa shape index (κ1) is 19.3. The van der Waals surface area contributed by atoms with E-state index in [0.29, 0.717) is 18.0 Å². The van der Waals surface area contributed by atoms with Gasteiger partial charge in [0.1, 0.15) is 5.82 Å². The molecular weight excluding hydrogens is 387 g/mol. The lowest BCUT2D eigenvalue weighted by Crippen LogP contribution is -2.38. The third-order valence-corrected chi connectivity index (χ3v) is 6.17. The summed E-state index contributed by atoms with van der Waals surface area (Å²) in [4.78, 5) is 18.5. The molecule has 0 aliphatic carbocycles. The molecule has 0 aromatic carbocycles. The molecule has 2 N–H and O–H groups in total. The third-order valence-electron chi connectivity index (χ3n) is 6.17. The first-order valence-corrected chi connectivity index (χ1v) is 10.6. The average Bonchev–Trinajstić information content (AvgIpc) is 3.46. The van der Waals surface area contributed by atoms with Crippen molar-refractivity contribution in [3.05, 3.63) is 18.3 Å². The maximum Gasteiger partial charge on any atom is 0.236 e. The van der Waals surface area contributed by atoms with Crippen LogP contribution in [0.4, 0.5) is 22.0 Å². The normalized spacial score (nSPS) is 26.4. The largest absolute Gasteiger partial charge is 0.457 e. The van der Waals surface area contributed by atoms with Gasteiger partial charge in [-0.15, -0.1) is 0 Å². The zero-order valence-corrected chi connectivity index (χ0v) is 17.3. The van der Waals surface area contributed by atoms with E-state index in [-0.39, 0.29) is 17.7 Å². The van der Waals surface area contributed by atoms with Crippen LogP contribution in [0.25, 0.3) is 11.3 Å². The van der Waals surface area contributed by atoms with Gasteiger partial charge < -0.3 is 25.0 Å². The summed E-state index contributed by atoms with van der Waals surface area (Å²) >= 11 is 0. The molecule has 0 saturated carbocycles. The Morgan fingerprint density at radius 1 is 1.30 bits per heavy atom. The molecule has 9 heteroatoms. The van der Waals surface area contributed by atoms with Gasteiger partial charge in [-0.1, -0.05) is 0 Å². The van der Waals surface area contributed by atoms with Crippen LogP contribution >= 0.6 is 0 Å². The van der Waals surface area contributed by atoms with Crippen LogP contribution in [-0.2, 0) is 4.74 Å². The molecule has 8 nitrogen and oxygen atoms in total. The van der Waals surface area contributed by atoms with Gasteiger partial charge in [0.05, 0.1) is 24.4 Å². The molecule has 160 valence electrons. The SMILES string of the molecule is CC(F)Oc1cc(-c2cc(N3C[C@@H]4C[C@H]3CO4)nc(N3CCC[C@@H]3C)n2)cnc1N. The number of hydrogen-bond acceptors (Lipinski definition) is 8. The van der Waals surface area contributed by atoms with Gasteiger partial charge in [0.2, 0.25) is 12.3 Å². The van der Waals surface area contributed by atoms with Gasteiger partial charge in [-0.2, -0.15) is 4.98 Å². The van der Waals surface area contributed by atoms with Crippen molar-refractivity contribution in [2.24, 2.45) is 0 Å². The predicted molar refractivity (Wildman–Crippen MR) is 112 cm³/mol. The zero-order valence-electron chi connectivity index (χ0n) is 17.3. The predicted octanol–water partition coefficient (Wildman–Crippen LogP) is 2.78. The molecule has 2 bridgehead atoms. The molecular formula is C21H27FN6O2. The number of nitrogen functional groups attached to an aromatic ring is 1. The number of nitrogens with zero attached hydrogens (tertiary/aromatic N) is 5. The topological polar surface area (TPSA) is 89.6 Å². The number of pyridine rings is 1. The number of anilines is 3. The fourth-order valence-electron chi connectivity index (χ4n) is 4.62. The summed E-state index contributed by atoms with van der Waals surface area (Å²) in [5.41, 5.74) is 7.31. The molecule has 3 aliphatic rings. The summed E-state index contributed by atoms with van der Waals surface area (Å²) in [5.74, 6) is 1.98. The molecule has 4 atom stereocenters. The lowest BCUT2D eigenvalue weighted by molar-refractivity contribution is 0.0866. The smallest absolute Gasteiger partial charge is 0.236 e. The average molecular weight is 414 g/mol. The second-order valence-electron chi connectivity index (χ2n) is 8.36. The highest BCUT2D eigenvalue weighted by atomic mass is 19.1. The fourth-order valence-corrected chi connectivity index (χ4v) is 4.62. The summed E-state index contributed by atoms with van der Waals surface area (Å²) in [5, 5.41) is 0. The lowest BCUT2D eigenvalue weighted by Gasteiger charge is -2.30. The van der Waals surface area contributed by atoms with Gasteiger partial charge in [0.15, 0.2) is 11.6 Å². The number of hydrogen-bond donors (Lipinski definition) is 1. The van der Waals surface area contributed by atoms with Gasteiger partial charge in [-0.25, -0.2) is 14.4 Å². The monoisotopic (exact) mass is 414 g/mol. The molecule has 0 radical (unpaired) electrons. The van der Waals surface area contributed by atoms with Crippen LogP contribution in [0, 0.1) is 0 Å². The number of rotatable bonds is 5. The van der Waals surface area contributed by atoms with Crippen LogP contribution in [0.1, 0.15) is 33.1 Å². The van der Waals surface area contributed by atoms with E-state index < -0.39 is 6.36 Å². The van der Waals surface area contributed by atoms with Crippen molar-refractivity contribution < 1.29 is 13.9 Å². The summed E-state index contributed by atoms with van der Waals surface area (Å²) < 4.78 is 24.4. The molecule has 3 fully saturated rings. The highest BCUT2D eigenvalue weighted by Crippen LogP contribution is 2.36. The Balaban J connectivity index is 1.56. The van der Waals surface area contributed by atoms with Crippen molar-refractivity contribution >= 4 is 17.6 Å². The van der Waals surface area contributed by atoms with E-state index in [1.807, 2.05) is 6.07 Å². The van der Waals surface area contributed by atoms with E-state index in [4.69, 9.17) is 25.2 Å². The van der Waals surface area contributed by atoms with Crippen molar-refractivity contribution in [3.63, 3.8) is 0 Å². The Morgan fingerprint density at radius 3 is 2.83 bits per heavy atom. The standard InChI is InChI=1S/C21H27FN6O2/c1-12-4-3-5-27(12)21-25-17(14-6-18(30-13(2)22)20(23)24-9-14)8-19(26-21)28-10-16-7-15(28)11-29-16/h6,8-9,12-13,15-16H,3-5,7,10-11H2,1-2H3,(H2,23,24)/t12-,13?,15-,16-/m0/s1. The molecule has 0 amide bonds. The fraction of sp³-hybridized carbons (Fsp3) is 0.571. The molecule has 3 saturated heterocycles. The summed E-state index contributed by atoms with van der Waals surface area (Å²) in [6.07, 6.45) is 3.72. The number of fused-ring (bicyclic) bond motifs is 2. The molecule has 2 aromatic rings. The highest BCUT2D eigenvalue weighted by Gasteiger charge is 2.40. The van der Waals surface area contributed by atoms with Crippen molar-refractivity contribution in [1.82, 2.24) is 15.0 Å². The summed E-state index contributed by atoms with van der Waals surface area (Å²) in [6, 6.07) is 4.40. The first-order valence-electron chi connectivity index (χ1n) is 10.6. The van der Waals surface area contributed by atoms with Crippen LogP contribution in [0.2, 0.25) is 0 Å². The minimum atomic E-state index is -1.48. The number of alkyl halides is 1. The second kappa shape index (κ2) is 7.54. The maximum absolute atomic E-state index is 13.4. The van der Waals surface area contributed by atoms with Crippen LogP contribution < -0.4 is 20.3 Å². The van der Waals surface area contributed by atoms with E-state index in [9.17, 15) is 4.39 Å². The molecule has 5 heterocycles. The molecule has 3 aliphatic heterocycles. The number of aromatic nitrogens is 3. The van der Waals surface area contributed by atoms with Crippen LogP contribution in [0.3, 0.4) is 0 Å². The van der Waals surface area contributed by atoms with E-state index in [1.165, 1.54) is 6.92 Å². The van der Waals surface area contributed by atoms with Gasteiger partial charge >= 0.3 is 0 Å². The molecule has 30 heavy (non-hydrogen) atoms. The van der Waals surface area contributed by atoms with Gasteiger partial charge in [0.25, 0.3) is 0 Å². The molecule has 1 unspecified atom stereocenters.